The first-order valence-corrected chi connectivity index (χ1v) is 24.4. The van der Waals surface area contributed by atoms with Gasteiger partial charge in [-0.1, -0.05) is 193 Å². The van der Waals surface area contributed by atoms with Crippen LogP contribution in [-0.2, 0) is 0 Å². The lowest BCUT2D eigenvalue weighted by atomic mass is 9.71. The standard InChI is InChI=1S/C39H77N.C13H18/c1-7-10-13-14-17-22-31-39(35-37(5)28-25-34-40-6)32-23-18-15-16-21-26-36(4)27-24-33-38(29-19-11-8-2)30-20-12-9-3;1-3-4-12-6-9-7-13(9)10(11(12)13)5-8(12)2/h38-40H,4-5,7-35H2,1-3,6H3;3,8-11H,1,4-7H2,2H3. The molecule has 4 saturated carbocycles. The second-order valence-electron chi connectivity index (χ2n) is 19.6. The summed E-state index contributed by atoms with van der Waals surface area (Å²) in [5.74, 6) is 6.33. The molecule has 308 valence electrons. The van der Waals surface area contributed by atoms with Gasteiger partial charge in [-0.05, 0) is 131 Å². The van der Waals surface area contributed by atoms with E-state index in [2.05, 4.69) is 65.9 Å². The fraction of sp³-hybridized carbons (Fsp3) is 0.885. The Bertz CT molecular complexity index is 983. The highest BCUT2D eigenvalue weighted by molar-refractivity contribution is 5.38. The van der Waals surface area contributed by atoms with Crippen LogP contribution < -0.4 is 5.32 Å². The summed E-state index contributed by atoms with van der Waals surface area (Å²) in [4.78, 5) is 0. The first-order chi connectivity index (χ1) is 25.8. The molecule has 0 aromatic carbocycles. The molecule has 7 atom stereocenters. The molecule has 0 saturated heterocycles. The van der Waals surface area contributed by atoms with E-state index in [1.165, 1.54) is 203 Å². The maximum absolute atomic E-state index is 4.45. The Balaban J connectivity index is 0.000000467. The fourth-order valence-electron chi connectivity index (χ4n) is 12.2. The van der Waals surface area contributed by atoms with Crippen LogP contribution >= 0.6 is 0 Å². The van der Waals surface area contributed by atoms with Gasteiger partial charge in [0.2, 0.25) is 0 Å². The van der Waals surface area contributed by atoms with E-state index < -0.39 is 0 Å². The smallest absolute Gasteiger partial charge is 0.00489 e. The van der Waals surface area contributed by atoms with E-state index in [1.807, 2.05) is 0 Å². The van der Waals surface area contributed by atoms with Gasteiger partial charge in [0.05, 0.1) is 0 Å². The molecule has 0 aliphatic heterocycles. The van der Waals surface area contributed by atoms with E-state index >= 15 is 0 Å². The average Bonchev–Trinajstić information content (AvgIpc) is 3.95. The molecule has 4 fully saturated rings. The van der Waals surface area contributed by atoms with Crippen molar-refractivity contribution in [3.63, 3.8) is 0 Å². The first-order valence-electron chi connectivity index (χ1n) is 24.4. The number of rotatable bonds is 35. The molecule has 0 amide bonds. The molecule has 53 heavy (non-hydrogen) atoms. The number of nitrogens with one attached hydrogen (secondary N) is 1. The number of allylic oxidation sites excluding steroid dienone is 3. The quantitative estimate of drug-likeness (QED) is 0.0505. The largest absolute Gasteiger partial charge is 0.320 e. The van der Waals surface area contributed by atoms with Gasteiger partial charge in [-0.25, -0.2) is 0 Å². The van der Waals surface area contributed by atoms with Crippen LogP contribution in [-0.4, -0.2) is 13.6 Å². The molecular weight excluding hydrogens is 639 g/mol. The molecule has 0 aromatic rings. The lowest BCUT2D eigenvalue weighted by molar-refractivity contribution is 0.169. The second-order valence-corrected chi connectivity index (χ2v) is 19.6. The van der Waals surface area contributed by atoms with Crippen LogP contribution in [0, 0.1) is 46.3 Å². The molecule has 1 heteroatoms. The average molecular weight is 734 g/mol. The lowest BCUT2D eigenvalue weighted by Gasteiger charge is -2.33. The normalized spacial score (nSPS) is 26.5. The van der Waals surface area contributed by atoms with Gasteiger partial charge in [-0.3, -0.25) is 0 Å². The zero-order valence-electron chi connectivity index (χ0n) is 37.0. The van der Waals surface area contributed by atoms with Crippen LogP contribution in [0.4, 0.5) is 0 Å². The van der Waals surface area contributed by atoms with Crippen LogP contribution in [0.15, 0.2) is 37.0 Å². The molecule has 4 rings (SSSR count). The van der Waals surface area contributed by atoms with Crippen LogP contribution in [0.2, 0.25) is 0 Å². The highest BCUT2D eigenvalue weighted by Gasteiger charge is 2.89. The Morgan fingerprint density at radius 3 is 1.77 bits per heavy atom. The van der Waals surface area contributed by atoms with Gasteiger partial charge in [0.15, 0.2) is 0 Å². The van der Waals surface area contributed by atoms with Crippen molar-refractivity contribution in [2.75, 3.05) is 13.6 Å². The van der Waals surface area contributed by atoms with Crippen molar-refractivity contribution in [3.8, 4) is 0 Å². The third-order valence-electron chi connectivity index (χ3n) is 15.3. The Morgan fingerprint density at radius 2 is 1.15 bits per heavy atom. The number of hydrogen-bond donors (Lipinski definition) is 1. The molecule has 0 radical (unpaired) electrons. The summed E-state index contributed by atoms with van der Waals surface area (Å²) in [6.07, 6.45) is 47.0. The maximum Gasteiger partial charge on any atom is -0.00489 e. The third-order valence-corrected chi connectivity index (χ3v) is 15.3. The summed E-state index contributed by atoms with van der Waals surface area (Å²) in [6, 6.07) is 0. The zero-order valence-corrected chi connectivity index (χ0v) is 37.0. The van der Waals surface area contributed by atoms with E-state index in [1.54, 1.807) is 19.3 Å². The molecule has 4 aliphatic rings. The van der Waals surface area contributed by atoms with Crippen LogP contribution in [0.1, 0.15) is 233 Å². The van der Waals surface area contributed by atoms with Gasteiger partial charge >= 0.3 is 0 Å². The van der Waals surface area contributed by atoms with Crippen molar-refractivity contribution in [1.82, 2.24) is 5.32 Å². The Morgan fingerprint density at radius 1 is 0.642 bits per heavy atom. The Hall–Kier alpha value is -0.820. The van der Waals surface area contributed by atoms with Crippen molar-refractivity contribution in [2.24, 2.45) is 46.3 Å². The monoisotopic (exact) mass is 734 g/mol. The predicted octanol–water partition coefficient (Wildman–Crippen LogP) is 16.8. The maximum atomic E-state index is 4.45. The minimum Gasteiger partial charge on any atom is -0.320 e. The second kappa shape index (κ2) is 26.2. The Labute approximate surface area is 334 Å². The summed E-state index contributed by atoms with van der Waals surface area (Å²) in [5.41, 5.74) is 4.71. The van der Waals surface area contributed by atoms with Crippen LogP contribution in [0.25, 0.3) is 0 Å². The fourth-order valence-corrected chi connectivity index (χ4v) is 12.2. The van der Waals surface area contributed by atoms with E-state index in [0.717, 1.165) is 47.0 Å². The molecule has 0 heterocycles. The molecule has 4 aliphatic carbocycles. The topological polar surface area (TPSA) is 12.0 Å². The molecule has 7 unspecified atom stereocenters. The molecule has 1 spiro atoms. The summed E-state index contributed by atoms with van der Waals surface area (Å²) in [6.45, 7) is 23.4. The van der Waals surface area contributed by atoms with Gasteiger partial charge in [0.25, 0.3) is 0 Å². The van der Waals surface area contributed by atoms with Crippen molar-refractivity contribution in [3.05, 3.63) is 37.0 Å². The first kappa shape index (κ1) is 46.6. The summed E-state index contributed by atoms with van der Waals surface area (Å²) < 4.78 is 0. The summed E-state index contributed by atoms with van der Waals surface area (Å²) in [5, 5.41) is 3.28. The van der Waals surface area contributed by atoms with Crippen molar-refractivity contribution in [2.45, 2.75) is 233 Å². The predicted molar refractivity (Wildman–Crippen MR) is 239 cm³/mol. The highest BCUT2D eigenvalue weighted by atomic mass is 14.9. The van der Waals surface area contributed by atoms with Gasteiger partial charge in [0.1, 0.15) is 0 Å². The van der Waals surface area contributed by atoms with Crippen molar-refractivity contribution < 1.29 is 0 Å². The van der Waals surface area contributed by atoms with E-state index in [4.69, 9.17) is 0 Å². The SMILES string of the molecule is C=C(CCCCCCCC(CCCCCCCC)CC(=C)CCCNC)CCCC(CCCCC)CCCCC.C=CCC12CC3CC34C(CC1C)C24. The van der Waals surface area contributed by atoms with E-state index in [0.29, 0.717) is 0 Å². The van der Waals surface area contributed by atoms with Gasteiger partial charge in [0, 0.05) is 0 Å². The van der Waals surface area contributed by atoms with Gasteiger partial charge in [-0.2, -0.15) is 0 Å². The van der Waals surface area contributed by atoms with Crippen LogP contribution in [0.3, 0.4) is 0 Å². The molecule has 0 bridgehead atoms. The minimum atomic E-state index is 0.745. The summed E-state index contributed by atoms with van der Waals surface area (Å²) >= 11 is 0. The lowest BCUT2D eigenvalue weighted by Crippen LogP contribution is -2.26. The van der Waals surface area contributed by atoms with Crippen LogP contribution in [0.5, 0.6) is 0 Å². The highest BCUT2D eigenvalue weighted by Crippen LogP contribution is 2.95. The summed E-state index contributed by atoms with van der Waals surface area (Å²) in [7, 11) is 2.06. The number of unbranched alkanes of at least 4 members (excludes halogenated alkanes) is 13. The van der Waals surface area contributed by atoms with E-state index in [9.17, 15) is 0 Å². The molecule has 1 nitrogen and oxygen atoms in total. The molecular formula is C52H95N. The number of hydrogen-bond acceptors (Lipinski definition) is 1. The molecule has 0 aromatic heterocycles. The van der Waals surface area contributed by atoms with Crippen molar-refractivity contribution >= 4 is 0 Å². The van der Waals surface area contributed by atoms with Crippen molar-refractivity contribution in [1.29, 1.82) is 0 Å². The minimum absolute atomic E-state index is 0.745. The third kappa shape index (κ3) is 15.2. The van der Waals surface area contributed by atoms with Gasteiger partial charge in [-0.15, -0.1) is 6.58 Å². The zero-order chi connectivity index (χ0) is 38.4. The molecule has 1 N–H and O–H groups in total. The Kier molecular flexibility index (Phi) is 23.0. The van der Waals surface area contributed by atoms with E-state index in [-0.39, 0.29) is 0 Å². The van der Waals surface area contributed by atoms with Gasteiger partial charge < -0.3 is 5.32 Å².